The highest BCUT2D eigenvalue weighted by Crippen LogP contribution is 2.30. The van der Waals surface area contributed by atoms with Gasteiger partial charge in [-0.05, 0) is 85.6 Å². The molecule has 0 spiro atoms. The van der Waals surface area contributed by atoms with Crippen LogP contribution in [-0.4, -0.2) is 59.1 Å². The van der Waals surface area contributed by atoms with E-state index < -0.39 is 41.5 Å². The highest BCUT2D eigenvalue weighted by Gasteiger charge is 2.43. The third-order valence-corrected chi connectivity index (χ3v) is 5.90. The van der Waals surface area contributed by atoms with Crippen molar-refractivity contribution in [1.29, 1.82) is 0 Å². The number of imide groups is 1. The van der Waals surface area contributed by atoms with Crippen molar-refractivity contribution in [2.24, 2.45) is 5.92 Å². The zero-order valence-corrected chi connectivity index (χ0v) is 23.7. The van der Waals surface area contributed by atoms with E-state index in [1.807, 2.05) is 32.0 Å². The van der Waals surface area contributed by atoms with E-state index in [-0.39, 0.29) is 18.4 Å². The van der Waals surface area contributed by atoms with Crippen LogP contribution in [0.25, 0.3) is 0 Å². The molecule has 0 bridgehead atoms. The van der Waals surface area contributed by atoms with Crippen molar-refractivity contribution in [3.8, 4) is 0 Å². The van der Waals surface area contributed by atoms with E-state index >= 15 is 0 Å². The molecule has 0 aliphatic carbocycles. The fourth-order valence-electron chi connectivity index (χ4n) is 4.41. The molecular formula is C29H45NO7. The molecular weight excluding hydrogens is 474 g/mol. The molecule has 2 amide bonds. The number of cyclic esters (lactones) is 1. The summed E-state index contributed by atoms with van der Waals surface area (Å²) in [5, 5.41) is 0. The molecule has 1 heterocycles. The zero-order valence-electron chi connectivity index (χ0n) is 23.7. The highest BCUT2D eigenvalue weighted by atomic mass is 16.6. The molecule has 8 heteroatoms. The van der Waals surface area contributed by atoms with E-state index in [0.717, 1.165) is 24.2 Å². The second-order valence-electron chi connectivity index (χ2n) is 11.7. The van der Waals surface area contributed by atoms with Crippen molar-refractivity contribution in [1.82, 2.24) is 4.90 Å². The molecule has 1 fully saturated rings. The van der Waals surface area contributed by atoms with Crippen molar-refractivity contribution in [2.75, 3.05) is 6.61 Å². The molecule has 4 unspecified atom stereocenters. The molecule has 1 saturated heterocycles. The Morgan fingerprint density at radius 3 is 2.05 bits per heavy atom. The Bertz CT molecular complexity index is 860. The number of hydrogen-bond donors (Lipinski definition) is 0. The quantitative estimate of drug-likeness (QED) is 0.322. The van der Waals surface area contributed by atoms with Gasteiger partial charge in [0.2, 0.25) is 0 Å². The van der Waals surface area contributed by atoms with Gasteiger partial charge in [0.25, 0.3) is 0 Å². The fraction of sp³-hybridized carbons (Fsp3) is 0.690. The van der Waals surface area contributed by atoms with Gasteiger partial charge in [0.1, 0.15) is 23.3 Å². The molecule has 2 rings (SSSR count). The van der Waals surface area contributed by atoms with Crippen LogP contribution >= 0.6 is 0 Å². The fourth-order valence-corrected chi connectivity index (χ4v) is 4.41. The van der Waals surface area contributed by atoms with Gasteiger partial charge in [0.05, 0.1) is 6.10 Å². The summed E-state index contributed by atoms with van der Waals surface area (Å²) in [6.07, 6.45) is 0.384. The number of nitrogens with zero attached hydrogens (tertiary/aromatic N) is 1. The summed E-state index contributed by atoms with van der Waals surface area (Å²) in [5.74, 6) is -0.582. The lowest BCUT2D eigenvalue weighted by atomic mass is 9.86. The maximum Gasteiger partial charge on any atom is 0.420 e. The lowest BCUT2D eigenvalue weighted by Crippen LogP contribution is -2.53. The van der Waals surface area contributed by atoms with Gasteiger partial charge >= 0.3 is 18.2 Å². The van der Waals surface area contributed by atoms with Crippen LogP contribution in [-0.2, 0) is 30.2 Å². The average molecular weight is 520 g/mol. The smallest absolute Gasteiger partial charge is 0.420 e. The normalized spacial score (nSPS) is 23.2. The Balaban J connectivity index is 2.38. The van der Waals surface area contributed by atoms with Crippen LogP contribution in [0, 0.1) is 5.92 Å². The minimum atomic E-state index is -1.17. The SMILES string of the molecule is CCCOC1C(Cc2ccccc2)CCCC(N(C(=O)OC(C)(C)C)C(=O)OC(C)(C)C)C(=O)OC1C. The van der Waals surface area contributed by atoms with E-state index in [4.69, 9.17) is 18.9 Å². The summed E-state index contributed by atoms with van der Waals surface area (Å²) in [6.45, 7) is 14.6. The highest BCUT2D eigenvalue weighted by molar-refractivity contribution is 5.94. The van der Waals surface area contributed by atoms with E-state index in [1.165, 1.54) is 5.56 Å². The number of rotatable bonds is 6. The number of amides is 2. The summed E-state index contributed by atoms with van der Waals surface area (Å²) in [5.41, 5.74) is -0.559. The molecule has 0 N–H and O–H groups in total. The average Bonchev–Trinajstić information content (AvgIpc) is 2.80. The van der Waals surface area contributed by atoms with Gasteiger partial charge in [0.15, 0.2) is 0 Å². The second kappa shape index (κ2) is 13.3. The van der Waals surface area contributed by atoms with E-state index in [9.17, 15) is 14.4 Å². The first-order chi connectivity index (χ1) is 17.2. The van der Waals surface area contributed by atoms with E-state index in [1.54, 1.807) is 41.5 Å². The van der Waals surface area contributed by atoms with Gasteiger partial charge < -0.3 is 18.9 Å². The first-order valence-electron chi connectivity index (χ1n) is 13.3. The van der Waals surface area contributed by atoms with E-state index in [2.05, 4.69) is 12.1 Å². The van der Waals surface area contributed by atoms with E-state index in [0.29, 0.717) is 13.0 Å². The molecule has 208 valence electrons. The molecule has 37 heavy (non-hydrogen) atoms. The Hall–Kier alpha value is -2.61. The predicted octanol–water partition coefficient (Wildman–Crippen LogP) is 6.30. The maximum atomic E-state index is 13.5. The largest absolute Gasteiger partial charge is 0.458 e. The maximum absolute atomic E-state index is 13.5. The molecule has 0 aromatic heterocycles. The molecule has 0 saturated carbocycles. The second-order valence-corrected chi connectivity index (χ2v) is 11.7. The van der Waals surface area contributed by atoms with Gasteiger partial charge in [-0.3, -0.25) is 0 Å². The van der Waals surface area contributed by atoms with Gasteiger partial charge in [-0.25, -0.2) is 14.4 Å². The summed E-state index contributed by atoms with van der Waals surface area (Å²) in [4.78, 5) is 40.6. The summed E-state index contributed by atoms with van der Waals surface area (Å²) >= 11 is 0. The van der Waals surface area contributed by atoms with Gasteiger partial charge in [0, 0.05) is 6.61 Å². The summed E-state index contributed by atoms with van der Waals surface area (Å²) in [6, 6.07) is 8.98. The van der Waals surface area contributed by atoms with Crippen LogP contribution in [0.1, 0.15) is 86.6 Å². The van der Waals surface area contributed by atoms with Crippen molar-refractivity contribution < 1.29 is 33.3 Å². The van der Waals surface area contributed by atoms with Crippen LogP contribution in [0.4, 0.5) is 9.59 Å². The lowest BCUT2D eigenvalue weighted by molar-refractivity contribution is -0.164. The molecule has 0 radical (unpaired) electrons. The minimum Gasteiger partial charge on any atom is -0.458 e. The number of ether oxygens (including phenoxy) is 4. The van der Waals surface area contributed by atoms with Crippen molar-refractivity contribution >= 4 is 18.2 Å². The number of carbonyl (C=O) groups excluding carboxylic acids is 3. The first-order valence-corrected chi connectivity index (χ1v) is 13.3. The predicted molar refractivity (Wildman–Crippen MR) is 141 cm³/mol. The lowest BCUT2D eigenvalue weighted by Gasteiger charge is -2.33. The summed E-state index contributed by atoms with van der Waals surface area (Å²) < 4.78 is 23.1. The van der Waals surface area contributed by atoms with Crippen LogP contribution < -0.4 is 0 Å². The Morgan fingerprint density at radius 2 is 1.54 bits per heavy atom. The topological polar surface area (TPSA) is 91.4 Å². The monoisotopic (exact) mass is 519 g/mol. The first kappa shape index (κ1) is 30.6. The molecule has 1 aliphatic rings. The van der Waals surface area contributed by atoms with Gasteiger partial charge in [-0.1, -0.05) is 43.7 Å². The van der Waals surface area contributed by atoms with Crippen LogP contribution in [0.15, 0.2) is 30.3 Å². The number of esters is 1. The Labute approximate surface area is 222 Å². The Kier molecular flexibility index (Phi) is 11.0. The third-order valence-electron chi connectivity index (χ3n) is 5.90. The molecule has 1 aromatic carbocycles. The third kappa shape index (κ3) is 9.99. The molecule has 4 atom stereocenters. The number of hydrogen-bond acceptors (Lipinski definition) is 7. The zero-order chi connectivity index (χ0) is 27.8. The minimum absolute atomic E-state index is 0.0898. The van der Waals surface area contributed by atoms with Gasteiger partial charge in [-0.15, -0.1) is 0 Å². The van der Waals surface area contributed by atoms with Crippen LogP contribution in [0.3, 0.4) is 0 Å². The standard InChI is InChI=1S/C29H45NO7/c1-9-18-34-24-20(2)35-25(31)23(17-13-16-22(24)19-21-14-11-10-12-15-21)30(26(32)36-28(3,4)5)27(33)37-29(6,7)8/h10-12,14-15,20,22-24H,9,13,16-19H2,1-8H3. The molecule has 8 nitrogen and oxygen atoms in total. The Morgan fingerprint density at radius 1 is 0.973 bits per heavy atom. The molecule has 1 aliphatic heterocycles. The number of benzene rings is 1. The summed E-state index contributed by atoms with van der Waals surface area (Å²) in [7, 11) is 0. The number of carbonyl (C=O) groups is 3. The van der Waals surface area contributed by atoms with Crippen LogP contribution in [0.2, 0.25) is 0 Å². The molecule has 1 aromatic rings. The van der Waals surface area contributed by atoms with Crippen molar-refractivity contribution in [3.63, 3.8) is 0 Å². The van der Waals surface area contributed by atoms with Crippen molar-refractivity contribution in [3.05, 3.63) is 35.9 Å². The van der Waals surface area contributed by atoms with Gasteiger partial charge in [-0.2, -0.15) is 4.90 Å². The van der Waals surface area contributed by atoms with Crippen molar-refractivity contribution in [2.45, 2.75) is 117 Å². The van der Waals surface area contributed by atoms with Crippen LogP contribution in [0.5, 0.6) is 0 Å².